The molecule has 0 amide bonds. The number of aliphatic carboxylic acids is 1. The van der Waals surface area contributed by atoms with Crippen LogP contribution in [0.3, 0.4) is 0 Å². The summed E-state index contributed by atoms with van der Waals surface area (Å²) in [6.07, 6.45) is 0.0308. The summed E-state index contributed by atoms with van der Waals surface area (Å²) >= 11 is 0. The lowest BCUT2D eigenvalue weighted by atomic mass is 9.93. The van der Waals surface area contributed by atoms with Crippen molar-refractivity contribution in [2.75, 3.05) is 0 Å². The first-order chi connectivity index (χ1) is 18.6. The molecule has 0 aliphatic rings. The number of aryl methyl sites for hydroxylation is 2. The molecule has 0 saturated heterocycles. The number of rotatable bonds is 11. The van der Waals surface area contributed by atoms with Gasteiger partial charge < -0.3 is 14.6 Å². The van der Waals surface area contributed by atoms with Crippen LogP contribution in [0.1, 0.15) is 61.0 Å². The van der Waals surface area contributed by atoms with Gasteiger partial charge in [-0.3, -0.25) is 9.78 Å². The summed E-state index contributed by atoms with van der Waals surface area (Å²) in [6, 6.07) is 20.4. The predicted octanol–water partition coefficient (Wildman–Crippen LogP) is 6.25. The van der Waals surface area contributed by atoms with Gasteiger partial charge in [-0.05, 0) is 48.2 Å². The van der Waals surface area contributed by atoms with E-state index in [0.717, 1.165) is 28.2 Å². The molecule has 0 saturated carbocycles. The quantitative estimate of drug-likeness (QED) is 0.246. The number of ether oxygens (including phenoxy) is 2. The number of carboxylic acids is 1. The fourth-order valence-corrected chi connectivity index (χ4v) is 3.97. The molecule has 0 aliphatic carbocycles. The van der Waals surface area contributed by atoms with Crippen LogP contribution in [0.15, 0.2) is 66.7 Å². The Labute approximate surface area is 228 Å². The number of halogens is 1. The third kappa shape index (κ3) is 7.89. The van der Waals surface area contributed by atoms with Crippen molar-refractivity contribution in [2.45, 2.75) is 65.7 Å². The number of hydrogen-bond acceptors (Lipinski definition) is 5. The molecule has 7 nitrogen and oxygen atoms in total. The van der Waals surface area contributed by atoms with Crippen LogP contribution in [0.25, 0.3) is 0 Å². The number of nitrogens with zero attached hydrogens (tertiary/aromatic N) is 3. The third-order valence-corrected chi connectivity index (χ3v) is 6.22. The van der Waals surface area contributed by atoms with Crippen LogP contribution >= 0.6 is 0 Å². The van der Waals surface area contributed by atoms with E-state index in [-0.39, 0.29) is 24.9 Å². The Morgan fingerprint density at radius 3 is 2.38 bits per heavy atom. The van der Waals surface area contributed by atoms with Gasteiger partial charge in [-0.2, -0.15) is 5.10 Å². The number of hydrogen-bond donors (Lipinski definition) is 1. The topological polar surface area (TPSA) is 86.5 Å². The van der Waals surface area contributed by atoms with E-state index < -0.39 is 11.8 Å². The zero-order chi connectivity index (χ0) is 28.0. The van der Waals surface area contributed by atoms with Gasteiger partial charge in [0, 0.05) is 29.7 Å². The van der Waals surface area contributed by atoms with Crippen molar-refractivity contribution in [1.29, 1.82) is 0 Å². The first kappa shape index (κ1) is 27.8. The minimum atomic E-state index is -0.955. The van der Waals surface area contributed by atoms with Crippen molar-refractivity contribution in [3.8, 4) is 11.6 Å². The molecule has 2 aromatic heterocycles. The van der Waals surface area contributed by atoms with Gasteiger partial charge in [-0.25, -0.2) is 9.07 Å². The van der Waals surface area contributed by atoms with Gasteiger partial charge in [0.1, 0.15) is 24.8 Å². The molecule has 0 radical (unpaired) electrons. The Morgan fingerprint density at radius 1 is 0.974 bits per heavy atom. The van der Waals surface area contributed by atoms with Crippen molar-refractivity contribution in [1.82, 2.24) is 14.8 Å². The fraction of sp³-hybridized carbons (Fsp3) is 0.323. The van der Waals surface area contributed by atoms with Crippen LogP contribution in [0.4, 0.5) is 4.39 Å². The fourth-order valence-electron chi connectivity index (χ4n) is 3.97. The Bertz CT molecular complexity index is 1420. The zero-order valence-corrected chi connectivity index (χ0v) is 22.8. The van der Waals surface area contributed by atoms with E-state index in [2.05, 4.69) is 25.8 Å². The van der Waals surface area contributed by atoms with E-state index in [4.69, 9.17) is 19.7 Å². The largest absolute Gasteiger partial charge is 0.489 e. The molecule has 0 atom stereocenters. The van der Waals surface area contributed by atoms with E-state index in [1.54, 1.807) is 12.1 Å². The summed E-state index contributed by atoms with van der Waals surface area (Å²) in [5, 5.41) is 13.6. The molecule has 0 fully saturated rings. The average molecular weight is 532 g/mol. The lowest BCUT2D eigenvalue weighted by molar-refractivity contribution is -0.136. The Balaban J connectivity index is 1.40. The maximum atomic E-state index is 14.3. The van der Waals surface area contributed by atoms with E-state index in [0.29, 0.717) is 30.3 Å². The third-order valence-electron chi connectivity index (χ3n) is 6.22. The van der Waals surface area contributed by atoms with E-state index in [9.17, 15) is 9.18 Å². The highest BCUT2D eigenvalue weighted by Gasteiger charge is 2.21. The average Bonchev–Trinajstić information content (AvgIpc) is 3.29. The van der Waals surface area contributed by atoms with Crippen molar-refractivity contribution in [3.63, 3.8) is 0 Å². The van der Waals surface area contributed by atoms with Gasteiger partial charge >= 0.3 is 5.97 Å². The maximum Gasteiger partial charge on any atom is 0.303 e. The molecule has 0 aliphatic heterocycles. The van der Waals surface area contributed by atoms with Gasteiger partial charge in [-0.15, -0.1) is 0 Å². The minimum absolute atomic E-state index is 0.114. The Kier molecular flexibility index (Phi) is 8.64. The SMILES string of the molecule is Cc1cccc(COc2cc(C(C)(C)C)nn2Cc2ccc(COc3ccc(CCC(=O)O)c(F)c3)cc2)n1. The molecule has 0 bridgehead atoms. The molecule has 204 valence electrons. The molecule has 1 N–H and O–H groups in total. The molecule has 8 heteroatoms. The molecular formula is C31H34FN3O4. The number of carboxylic acid groups (broad SMARTS) is 1. The van der Waals surface area contributed by atoms with Crippen LogP contribution in [-0.2, 0) is 36.4 Å². The van der Waals surface area contributed by atoms with Gasteiger partial charge in [0.05, 0.1) is 17.9 Å². The van der Waals surface area contributed by atoms with Crippen molar-refractivity contribution in [2.24, 2.45) is 0 Å². The Morgan fingerprint density at radius 2 is 1.72 bits per heavy atom. The summed E-state index contributed by atoms with van der Waals surface area (Å²) in [7, 11) is 0. The highest BCUT2D eigenvalue weighted by Crippen LogP contribution is 2.27. The Hall–Kier alpha value is -4.20. The lowest BCUT2D eigenvalue weighted by Gasteiger charge is -2.14. The highest BCUT2D eigenvalue weighted by atomic mass is 19.1. The number of carbonyl (C=O) groups is 1. The van der Waals surface area contributed by atoms with Gasteiger partial charge in [0.25, 0.3) is 0 Å². The monoisotopic (exact) mass is 531 g/mol. The smallest absolute Gasteiger partial charge is 0.303 e. The van der Waals surface area contributed by atoms with Crippen LogP contribution < -0.4 is 9.47 Å². The second-order valence-electron chi connectivity index (χ2n) is 10.6. The predicted molar refractivity (Wildman–Crippen MR) is 146 cm³/mol. The normalized spacial score (nSPS) is 11.4. The zero-order valence-electron chi connectivity index (χ0n) is 22.8. The molecular weight excluding hydrogens is 497 g/mol. The summed E-state index contributed by atoms with van der Waals surface area (Å²) in [5.41, 5.74) is 4.98. The van der Waals surface area contributed by atoms with Crippen LogP contribution in [0.5, 0.6) is 11.6 Å². The molecule has 39 heavy (non-hydrogen) atoms. The number of benzene rings is 2. The summed E-state index contributed by atoms with van der Waals surface area (Å²) < 4.78 is 28.0. The van der Waals surface area contributed by atoms with Crippen LogP contribution in [0, 0.1) is 12.7 Å². The van der Waals surface area contributed by atoms with Gasteiger partial charge in [0.15, 0.2) is 0 Å². The second-order valence-corrected chi connectivity index (χ2v) is 10.6. The number of pyridine rings is 1. The first-order valence-electron chi connectivity index (χ1n) is 12.9. The summed E-state index contributed by atoms with van der Waals surface area (Å²) in [6.45, 7) is 9.49. The standard InChI is InChI=1S/C31H34FN3O4/c1-21-6-5-7-25(33-21)20-39-29-17-28(31(2,3)4)34-35(29)18-22-8-10-23(11-9-22)19-38-26-14-12-24(27(32)16-26)13-15-30(36)37/h5-12,14,16-17H,13,15,18-20H2,1-4H3,(H,36,37). The molecule has 2 aromatic carbocycles. The van der Waals surface area contributed by atoms with Gasteiger partial charge in [-0.1, -0.05) is 57.2 Å². The van der Waals surface area contributed by atoms with Crippen molar-refractivity contribution < 1.29 is 23.8 Å². The molecule has 2 heterocycles. The molecule has 4 aromatic rings. The van der Waals surface area contributed by atoms with Gasteiger partial charge in [0.2, 0.25) is 5.88 Å². The summed E-state index contributed by atoms with van der Waals surface area (Å²) in [4.78, 5) is 15.2. The number of aromatic nitrogens is 3. The van der Waals surface area contributed by atoms with Crippen LogP contribution in [-0.4, -0.2) is 25.8 Å². The van der Waals surface area contributed by atoms with Crippen LogP contribution in [0.2, 0.25) is 0 Å². The highest BCUT2D eigenvalue weighted by molar-refractivity contribution is 5.67. The van der Waals surface area contributed by atoms with E-state index in [1.165, 1.54) is 6.07 Å². The first-order valence-corrected chi connectivity index (χ1v) is 12.9. The summed E-state index contributed by atoms with van der Waals surface area (Å²) in [5.74, 6) is -0.339. The molecule has 4 rings (SSSR count). The van der Waals surface area contributed by atoms with E-state index >= 15 is 0 Å². The molecule has 0 spiro atoms. The maximum absolute atomic E-state index is 14.3. The lowest BCUT2D eigenvalue weighted by Crippen LogP contribution is -2.13. The van der Waals surface area contributed by atoms with Crippen molar-refractivity contribution >= 4 is 5.97 Å². The minimum Gasteiger partial charge on any atom is -0.489 e. The van der Waals surface area contributed by atoms with E-state index in [1.807, 2.05) is 60.1 Å². The molecule has 0 unspecified atom stereocenters. The second kappa shape index (κ2) is 12.1. The van der Waals surface area contributed by atoms with Crippen molar-refractivity contribution in [3.05, 3.63) is 106 Å².